The van der Waals surface area contributed by atoms with E-state index in [9.17, 15) is 18.0 Å². The van der Waals surface area contributed by atoms with Crippen LogP contribution in [0.15, 0.2) is 53.4 Å². The number of hydrogen-bond donors (Lipinski definition) is 2. The Kier molecular flexibility index (Phi) is 4.94. The topological polar surface area (TPSA) is 110 Å². The lowest BCUT2D eigenvalue weighted by Crippen LogP contribution is -2.35. The number of piperidine rings is 1. The molecule has 1 saturated heterocycles. The number of nitrogens with zero attached hydrogens (tertiary/aromatic N) is 1. The Bertz CT molecular complexity index is 939. The van der Waals surface area contributed by atoms with Crippen molar-refractivity contribution >= 4 is 33.2 Å². The molecule has 2 aromatic rings. The van der Waals surface area contributed by atoms with E-state index in [1.54, 1.807) is 29.2 Å². The zero-order valence-corrected chi connectivity index (χ0v) is 14.8. The Morgan fingerprint density at radius 1 is 1.04 bits per heavy atom. The molecule has 0 radical (unpaired) electrons. The molecule has 26 heavy (non-hydrogen) atoms. The van der Waals surface area contributed by atoms with Crippen molar-refractivity contribution in [2.24, 2.45) is 5.73 Å². The molecular formula is C18H19N3O4S. The number of amides is 2. The molecular weight excluding hydrogens is 354 g/mol. The van der Waals surface area contributed by atoms with Crippen LogP contribution in [0.1, 0.15) is 29.6 Å². The van der Waals surface area contributed by atoms with Gasteiger partial charge >= 0.3 is 0 Å². The maximum atomic E-state index is 12.6. The van der Waals surface area contributed by atoms with Crippen molar-refractivity contribution in [3.8, 4) is 0 Å². The second-order valence-corrected chi connectivity index (χ2v) is 7.69. The highest BCUT2D eigenvalue weighted by Crippen LogP contribution is 2.24. The maximum Gasteiger partial charge on any atom is 0.261 e. The van der Waals surface area contributed by atoms with E-state index in [4.69, 9.17) is 5.73 Å². The highest BCUT2D eigenvalue weighted by molar-refractivity contribution is 7.92. The van der Waals surface area contributed by atoms with E-state index in [0.29, 0.717) is 18.7 Å². The predicted octanol–water partition coefficient (Wildman–Crippen LogP) is 2.10. The van der Waals surface area contributed by atoms with Gasteiger partial charge in [-0.2, -0.15) is 0 Å². The van der Waals surface area contributed by atoms with E-state index in [2.05, 4.69) is 4.72 Å². The quantitative estimate of drug-likeness (QED) is 0.836. The average molecular weight is 373 g/mol. The van der Waals surface area contributed by atoms with Crippen molar-refractivity contribution in [3.05, 3.63) is 54.1 Å². The molecule has 2 amide bonds. The molecule has 8 heteroatoms. The van der Waals surface area contributed by atoms with Gasteiger partial charge in [-0.05, 0) is 49.2 Å². The van der Waals surface area contributed by atoms with Crippen LogP contribution in [0.4, 0.5) is 11.4 Å². The summed E-state index contributed by atoms with van der Waals surface area (Å²) in [4.78, 5) is 25.1. The Morgan fingerprint density at radius 3 is 2.38 bits per heavy atom. The van der Waals surface area contributed by atoms with Gasteiger partial charge in [0.05, 0.1) is 16.1 Å². The minimum Gasteiger partial charge on any atom is -0.366 e. The van der Waals surface area contributed by atoms with Gasteiger partial charge in [-0.1, -0.05) is 12.1 Å². The first-order chi connectivity index (χ1) is 12.4. The molecule has 1 aliphatic rings. The fraction of sp³-hybridized carbons (Fsp3) is 0.222. The molecule has 0 unspecified atom stereocenters. The van der Waals surface area contributed by atoms with Gasteiger partial charge < -0.3 is 10.6 Å². The van der Waals surface area contributed by atoms with Crippen LogP contribution in [-0.2, 0) is 14.8 Å². The number of carbonyl (C=O) groups excluding carboxylic acids is 2. The number of nitrogens with two attached hydrogens (primary N) is 1. The Balaban J connectivity index is 1.84. The number of benzene rings is 2. The minimum atomic E-state index is -3.89. The van der Waals surface area contributed by atoms with E-state index in [0.717, 1.165) is 12.8 Å². The Hall–Kier alpha value is -2.87. The molecule has 1 heterocycles. The monoisotopic (exact) mass is 373 g/mol. The third-order valence-electron chi connectivity index (χ3n) is 4.22. The summed E-state index contributed by atoms with van der Waals surface area (Å²) in [6.07, 6.45) is 2.31. The average Bonchev–Trinajstić information content (AvgIpc) is 2.62. The Labute approximate surface area is 151 Å². The van der Waals surface area contributed by atoms with Gasteiger partial charge in [-0.3, -0.25) is 14.3 Å². The number of para-hydroxylation sites is 1. The van der Waals surface area contributed by atoms with Crippen LogP contribution < -0.4 is 15.4 Å². The normalized spacial score (nSPS) is 14.9. The number of carbonyl (C=O) groups is 2. The third-order valence-corrected chi connectivity index (χ3v) is 5.60. The van der Waals surface area contributed by atoms with Crippen molar-refractivity contribution in [3.63, 3.8) is 0 Å². The summed E-state index contributed by atoms with van der Waals surface area (Å²) in [5.41, 5.74) is 6.16. The lowest BCUT2D eigenvalue weighted by atomic mass is 10.1. The summed E-state index contributed by atoms with van der Waals surface area (Å²) in [7, 11) is -3.89. The van der Waals surface area contributed by atoms with Gasteiger partial charge in [0, 0.05) is 18.7 Å². The van der Waals surface area contributed by atoms with Crippen molar-refractivity contribution in [2.45, 2.75) is 24.2 Å². The minimum absolute atomic E-state index is 0.0324. The number of sulfonamides is 1. The van der Waals surface area contributed by atoms with Crippen LogP contribution >= 0.6 is 0 Å². The lowest BCUT2D eigenvalue weighted by Gasteiger charge is -2.26. The highest BCUT2D eigenvalue weighted by atomic mass is 32.2. The predicted molar refractivity (Wildman–Crippen MR) is 98.4 cm³/mol. The van der Waals surface area contributed by atoms with Gasteiger partial charge in [0.1, 0.15) is 0 Å². The molecule has 1 aliphatic heterocycles. The smallest absolute Gasteiger partial charge is 0.261 e. The van der Waals surface area contributed by atoms with Crippen LogP contribution in [-0.4, -0.2) is 26.8 Å². The van der Waals surface area contributed by atoms with Crippen molar-refractivity contribution in [2.75, 3.05) is 16.2 Å². The number of rotatable bonds is 5. The molecule has 0 aliphatic carbocycles. The number of primary amides is 1. The number of anilines is 2. The van der Waals surface area contributed by atoms with Crippen LogP contribution in [0.2, 0.25) is 0 Å². The fourth-order valence-corrected chi connectivity index (χ4v) is 3.95. The number of nitrogens with one attached hydrogen (secondary N) is 1. The summed E-state index contributed by atoms with van der Waals surface area (Å²) in [5, 5.41) is 0. The molecule has 0 spiro atoms. The van der Waals surface area contributed by atoms with Crippen LogP contribution in [0.5, 0.6) is 0 Å². The maximum absolute atomic E-state index is 12.6. The molecule has 7 nitrogen and oxygen atoms in total. The summed E-state index contributed by atoms with van der Waals surface area (Å²) >= 11 is 0. The van der Waals surface area contributed by atoms with Crippen molar-refractivity contribution in [1.29, 1.82) is 0 Å². The SMILES string of the molecule is NC(=O)c1ccccc1NS(=O)(=O)c1ccc(N2CCCCC2=O)cc1. The summed E-state index contributed by atoms with van der Waals surface area (Å²) in [6, 6.07) is 12.2. The van der Waals surface area contributed by atoms with Gasteiger partial charge in [0.25, 0.3) is 15.9 Å². The second kappa shape index (κ2) is 7.17. The first-order valence-electron chi connectivity index (χ1n) is 8.20. The second-order valence-electron chi connectivity index (χ2n) is 6.01. The Morgan fingerprint density at radius 2 is 1.73 bits per heavy atom. The molecule has 2 aromatic carbocycles. The van der Waals surface area contributed by atoms with Gasteiger partial charge in [-0.15, -0.1) is 0 Å². The van der Waals surface area contributed by atoms with Gasteiger partial charge in [-0.25, -0.2) is 8.42 Å². The van der Waals surface area contributed by atoms with Gasteiger partial charge in [0.15, 0.2) is 0 Å². The van der Waals surface area contributed by atoms with E-state index in [-0.39, 0.29) is 22.1 Å². The van der Waals surface area contributed by atoms with Crippen LogP contribution in [0.3, 0.4) is 0 Å². The zero-order valence-electron chi connectivity index (χ0n) is 14.0. The fourth-order valence-electron chi connectivity index (χ4n) is 2.87. The summed E-state index contributed by atoms with van der Waals surface area (Å²) < 4.78 is 27.6. The first kappa shape index (κ1) is 17.9. The number of hydrogen-bond acceptors (Lipinski definition) is 4. The standard InChI is InChI=1S/C18H19N3O4S/c19-18(23)15-5-1-2-6-16(15)20-26(24,25)14-10-8-13(9-11-14)21-12-4-3-7-17(21)22/h1-2,5-6,8-11,20H,3-4,7,12H2,(H2,19,23). The lowest BCUT2D eigenvalue weighted by molar-refractivity contribution is -0.119. The third kappa shape index (κ3) is 3.70. The van der Waals surface area contributed by atoms with Gasteiger partial charge in [0.2, 0.25) is 5.91 Å². The summed E-state index contributed by atoms with van der Waals surface area (Å²) in [5.74, 6) is -0.678. The molecule has 0 atom stereocenters. The van der Waals surface area contributed by atoms with Crippen molar-refractivity contribution < 1.29 is 18.0 Å². The summed E-state index contributed by atoms with van der Waals surface area (Å²) in [6.45, 7) is 0.634. The van der Waals surface area contributed by atoms with Crippen LogP contribution in [0.25, 0.3) is 0 Å². The largest absolute Gasteiger partial charge is 0.366 e. The zero-order chi connectivity index (χ0) is 18.7. The van der Waals surface area contributed by atoms with E-state index >= 15 is 0 Å². The first-order valence-corrected chi connectivity index (χ1v) is 9.69. The van der Waals surface area contributed by atoms with E-state index in [1.165, 1.54) is 24.3 Å². The van der Waals surface area contributed by atoms with E-state index < -0.39 is 15.9 Å². The molecule has 3 rings (SSSR count). The molecule has 136 valence electrons. The molecule has 3 N–H and O–H groups in total. The van der Waals surface area contributed by atoms with Crippen LogP contribution in [0, 0.1) is 0 Å². The van der Waals surface area contributed by atoms with E-state index in [1.807, 2.05) is 0 Å². The molecule has 0 aromatic heterocycles. The highest BCUT2D eigenvalue weighted by Gasteiger charge is 2.21. The molecule has 0 bridgehead atoms. The van der Waals surface area contributed by atoms with Crippen molar-refractivity contribution in [1.82, 2.24) is 0 Å². The molecule has 0 saturated carbocycles. The molecule has 1 fully saturated rings.